The number of imide groups is 1. The molecule has 1 saturated heterocycles. The molecule has 0 saturated carbocycles. The Hall–Kier alpha value is -2.46. The van der Waals surface area contributed by atoms with Crippen molar-refractivity contribution in [1.82, 2.24) is 0 Å². The fraction of sp³-hybridized carbons (Fsp3) is 0.500. The maximum absolute atomic E-state index is 12.8. The summed E-state index contributed by atoms with van der Waals surface area (Å²) >= 11 is 0.958. The zero-order valence-corrected chi connectivity index (χ0v) is 16.5. The predicted molar refractivity (Wildman–Crippen MR) is 101 cm³/mol. The van der Waals surface area contributed by atoms with Crippen LogP contribution in [-0.4, -0.2) is 50.1 Å². The van der Waals surface area contributed by atoms with E-state index in [0.717, 1.165) is 11.8 Å². The minimum atomic E-state index is -1.13. The van der Waals surface area contributed by atoms with Gasteiger partial charge >= 0.3 is 12.0 Å². The molecule has 0 spiro atoms. The van der Waals surface area contributed by atoms with Crippen LogP contribution in [0.5, 0.6) is 0 Å². The average Bonchev–Trinajstić information content (AvgIpc) is 3.06. The molecule has 0 bridgehead atoms. The van der Waals surface area contributed by atoms with Crippen molar-refractivity contribution < 1.29 is 33.9 Å². The monoisotopic (exact) mass is 411 g/mol. The molecular formula is C18H23N2O7S+. The van der Waals surface area contributed by atoms with Crippen molar-refractivity contribution in [3.8, 4) is 0 Å². The SMILES string of the molecule is C[C@H](CSC(=O)c1ccc(CO[N+](=O)[O-])cc1)C(=O)[N+]1(C(=O)O)CCC[C@H]1C. The first-order valence-electron chi connectivity index (χ1n) is 8.87. The number of amides is 2. The van der Waals surface area contributed by atoms with Crippen LogP contribution in [-0.2, 0) is 16.2 Å². The van der Waals surface area contributed by atoms with Gasteiger partial charge in [0.05, 0.1) is 12.5 Å². The van der Waals surface area contributed by atoms with E-state index in [4.69, 9.17) is 0 Å². The molecule has 9 nitrogen and oxygen atoms in total. The summed E-state index contributed by atoms with van der Waals surface area (Å²) in [5, 5.41) is 18.7. The zero-order valence-electron chi connectivity index (χ0n) is 15.7. The first-order valence-corrected chi connectivity index (χ1v) is 9.86. The lowest BCUT2D eigenvalue weighted by atomic mass is 10.1. The average molecular weight is 411 g/mol. The first kappa shape index (κ1) is 21.8. The van der Waals surface area contributed by atoms with Gasteiger partial charge in [-0.3, -0.25) is 4.79 Å². The van der Waals surface area contributed by atoms with Gasteiger partial charge in [-0.1, -0.05) is 36.0 Å². The van der Waals surface area contributed by atoms with Crippen LogP contribution in [0.4, 0.5) is 4.79 Å². The Morgan fingerprint density at radius 3 is 2.50 bits per heavy atom. The summed E-state index contributed by atoms with van der Waals surface area (Å²) < 4.78 is -0.568. The van der Waals surface area contributed by atoms with Gasteiger partial charge < -0.3 is 9.94 Å². The zero-order chi connectivity index (χ0) is 20.9. The predicted octanol–water partition coefficient (Wildman–Crippen LogP) is 3.11. The number of benzene rings is 1. The van der Waals surface area contributed by atoms with E-state index in [-0.39, 0.29) is 36.0 Å². The van der Waals surface area contributed by atoms with E-state index in [0.29, 0.717) is 24.0 Å². The maximum atomic E-state index is 12.8. The molecule has 2 amide bonds. The second-order valence-corrected chi connectivity index (χ2v) is 7.89. The molecule has 1 aliphatic rings. The van der Waals surface area contributed by atoms with Crippen LogP contribution in [0, 0.1) is 16.0 Å². The Balaban J connectivity index is 1.95. The third kappa shape index (κ3) is 4.68. The Kier molecular flexibility index (Phi) is 7.14. The number of carbonyl (C=O) groups is 3. The Labute approximate surface area is 166 Å². The Morgan fingerprint density at radius 2 is 2.00 bits per heavy atom. The van der Waals surface area contributed by atoms with Gasteiger partial charge in [0.15, 0.2) is 0 Å². The molecule has 1 N–H and O–H groups in total. The number of likely N-dealkylation sites (tertiary alicyclic amines) is 1. The molecule has 1 aromatic rings. The van der Waals surface area contributed by atoms with Gasteiger partial charge in [-0.05, 0) is 19.4 Å². The van der Waals surface area contributed by atoms with E-state index in [9.17, 15) is 29.6 Å². The van der Waals surface area contributed by atoms with Crippen molar-refractivity contribution in [3.05, 3.63) is 45.5 Å². The maximum Gasteiger partial charge on any atom is 0.521 e. The minimum absolute atomic E-state index is 0.184. The van der Waals surface area contributed by atoms with Crippen LogP contribution in [0.25, 0.3) is 0 Å². The van der Waals surface area contributed by atoms with Gasteiger partial charge in [-0.25, -0.2) is 4.79 Å². The lowest BCUT2D eigenvalue weighted by Crippen LogP contribution is -2.60. The smallest absolute Gasteiger partial charge is 0.435 e. The molecule has 2 rings (SSSR count). The van der Waals surface area contributed by atoms with E-state index < -0.39 is 21.6 Å². The fourth-order valence-electron chi connectivity index (χ4n) is 3.40. The highest BCUT2D eigenvalue weighted by molar-refractivity contribution is 8.14. The topological polar surface area (TPSA) is 124 Å². The van der Waals surface area contributed by atoms with Crippen LogP contribution in [0.15, 0.2) is 24.3 Å². The lowest BCUT2D eigenvalue weighted by Gasteiger charge is -2.31. The summed E-state index contributed by atoms with van der Waals surface area (Å²) in [5.41, 5.74) is 0.948. The summed E-state index contributed by atoms with van der Waals surface area (Å²) in [6.07, 6.45) is 0.235. The molecule has 1 aliphatic heterocycles. The van der Waals surface area contributed by atoms with Crippen LogP contribution >= 0.6 is 11.8 Å². The van der Waals surface area contributed by atoms with Crippen LogP contribution in [0.1, 0.15) is 42.6 Å². The van der Waals surface area contributed by atoms with E-state index >= 15 is 0 Å². The van der Waals surface area contributed by atoms with Crippen molar-refractivity contribution in [2.75, 3.05) is 12.3 Å². The highest BCUT2D eigenvalue weighted by Crippen LogP contribution is 2.31. The number of hydrogen-bond donors (Lipinski definition) is 1. The number of quaternary nitrogens is 1. The van der Waals surface area contributed by atoms with E-state index in [1.54, 1.807) is 26.0 Å². The lowest BCUT2D eigenvalue weighted by molar-refractivity contribution is -0.793. The van der Waals surface area contributed by atoms with E-state index in [1.807, 2.05) is 0 Å². The van der Waals surface area contributed by atoms with Crippen molar-refractivity contribution in [2.45, 2.75) is 39.3 Å². The quantitative estimate of drug-likeness (QED) is 0.412. The molecule has 0 radical (unpaired) electrons. The second-order valence-electron chi connectivity index (χ2n) is 6.90. The minimum Gasteiger partial charge on any atom is -0.435 e. The first-order chi connectivity index (χ1) is 13.2. The molecule has 152 valence electrons. The summed E-state index contributed by atoms with van der Waals surface area (Å²) in [7, 11) is 0. The highest BCUT2D eigenvalue weighted by atomic mass is 32.2. The molecule has 0 aromatic heterocycles. The van der Waals surface area contributed by atoms with Gasteiger partial charge in [0.1, 0.15) is 12.6 Å². The molecule has 3 atom stereocenters. The fourth-order valence-corrected chi connectivity index (χ4v) is 4.24. The summed E-state index contributed by atoms with van der Waals surface area (Å²) in [4.78, 5) is 51.4. The molecule has 1 aromatic carbocycles. The van der Waals surface area contributed by atoms with Crippen LogP contribution in [0.2, 0.25) is 0 Å². The van der Waals surface area contributed by atoms with Crippen molar-refractivity contribution >= 4 is 28.9 Å². The van der Waals surface area contributed by atoms with Gasteiger partial charge in [0, 0.05) is 24.2 Å². The number of rotatable bonds is 7. The van der Waals surface area contributed by atoms with Gasteiger partial charge in [0.25, 0.3) is 5.09 Å². The highest BCUT2D eigenvalue weighted by Gasteiger charge is 2.54. The summed E-state index contributed by atoms with van der Waals surface area (Å²) in [5.74, 6) is -0.771. The molecule has 1 heterocycles. The Bertz CT molecular complexity index is 768. The van der Waals surface area contributed by atoms with Crippen molar-refractivity contribution in [3.63, 3.8) is 0 Å². The third-order valence-corrected chi connectivity index (χ3v) is 6.20. The van der Waals surface area contributed by atoms with E-state index in [2.05, 4.69) is 4.84 Å². The number of carbonyl (C=O) groups excluding carboxylic acids is 2. The van der Waals surface area contributed by atoms with Gasteiger partial charge in [-0.2, -0.15) is 9.28 Å². The number of nitrogens with zero attached hydrogens (tertiary/aromatic N) is 2. The number of carboxylic acid groups (broad SMARTS) is 1. The largest absolute Gasteiger partial charge is 0.521 e. The number of thioether (sulfide) groups is 1. The van der Waals surface area contributed by atoms with Crippen LogP contribution < -0.4 is 0 Å². The standard InChI is InChI=1S/C18H22N2O7S/c1-12(16(21)20(18(23)24)9-3-4-13(20)2)11-28-17(22)15-7-5-14(6-8-15)10-27-19(25)26/h5-8,12-13H,3-4,9-11H2,1-2H3/p+1/t12-,13-,20?/m1/s1. The number of hydrogen-bond acceptors (Lipinski definition) is 7. The van der Waals surface area contributed by atoms with Crippen LogP contribution in [0.3, 0.4) is 0 Å². The van der Waals surface area contributed by atoms with Gasteiger partial charge in [0.2, 0.25) is 5.12 Å². The molecule has 28 heavy (non-hydrogen) atoms. The molecule has 1 fully saturated rings. The molecule has 10 heteroatoms. The second kappa shape index (κ2) is 9.16. The normalized spacial score (nSPS) is 22.4. The van der Waals surface area contributed by atoms with Gasteiger partial charge in [-0.15, -0.1) is 10.1 Å². The summed E-state index contributed by atoms with van der Waals surface area (Å²) in [6.45, 7) is 3.50. The molecular weight excluding hydrogens is 388 g/mol. The van der Waals surface area contributed by atoms with Crippen molar-refractivity contribution in [2.24, 2.45) is 5.92 Å². The molecule has 1 unspecified atom stereocenters. The summed E-state index contributed by atoms with van der Waals surface area (Å²) in [6, 6.07) is 5.91. The van der Waals surface area contributed by atoms with E-state index in [1.165, 1.54) is 12.1 Å². The van der Waals surface area contributed by atoms with Crippen molar-refractivity contribution in [1.29, 1.82) is 0 Å². The third-order valence-electron chi connectivity index (χ3n) is 5.03. The molecule has 0 aliphatic carbocycles. The Morgan fingerprint density at radius 1 is 1.36 bits per heavy atom.